The Hall–Kier alpha value is -3.72. The summed E-state index contributed by atoms with van der Waals surface area (Å²) in [5.74, 6) is -1.76. The summed E-state index contributed by atoms with van der Waals surface area (Å²) in [6.45, 7) is 0. The van der Waals surface area contributed by atoms with Gasteiger partial charge in [-0.15, -0.1) is 0 Å². The van der Waals surface area contributed by atoms with Crippen molar-refractivity contribution < 1.29 is 14.7 Å². The third kappa shape index (κ3) is 5.57. The van der Waals surface area contributed by atoms with Crippen molar-refractivity contribution in [3.8, 4) is 16.9 Å². The van der Waals surface area contributed by atoms with E-state index in [0.29, 0.717) is 40.0 Å². The number of benzene rings is 2. The first kappa shape index (κ1) is 25.9. The molecule has 2 amide bonds. The van der Waals surface area contributed by atoms with Crippen LogP contribution in [0.25, 0.3) is 16.9 Å². The summed E-state index contributed by atoms with van der Waals surface area (Å²) < 4.78 is 1.60. The molecule has 10 heteroatoms. The van der Waals surface area contributed by atoms with Gasteiger partial charge in [0, 0.05) is 36.2 Å². The van der Waals surface area contributed by atoms with Gasteiger partial charge in [-0.1, -0.05) is 53.5 Å². The molecule has 0 saturated heterocycles. The lowest BCUT2D eigenvalue weighted by Gasteiger charge is -2.17. The molecule has 0 aliphatic heterocycles. The summed E-state index contributed by atoms with van der Waals surface area (Å²) in [4.78, 5) is 29.2. The largest absolute Gasteiger partial charge is 0.386 e. The maximum absolute atomic E-state index is 13.0. The number of hydrogen-bond donors (Lipinski definition) is 3. The number of primary amides is 1. The zero-order valence-corrected chi connectivity index (χ0v) is 21.7. The second-order valence-corrected chi connectivity index (χ2v) is 10.1. The van der Waals surface area contributed by atoms with Crippen LogP contribution in [0.15, 0.2) is 79.1 Å². The van der Waals surface area contributed by atoms with E-state index in [-0.39, 0.29) is 11.8 Å². The number of hydrogen-bond acceptors (Lipinski definition) is 5. The van der Waals surface area contributed by atoms with Crippen molar-refractivity contribution in [3.05, 3.63) is 100 Å². The number of nitrogens with two attached hydrogens (primary N) is 1. The predicted molar refractivity (Wildman–Crippen MR) is 145 cm³/mol. The molecule has 4 aromatic rings. The molecule has 0 radical (unpaired) electrons. The molecule has 1 aliphatic carbocycles. The van der Waals surface area contributed by atoms with Gasteiger partial charge >= 0.3 is 0 Å². The molecule has 0 spiro atoms. The Bertz CT molecular complexity index is 1460. The van der Waals surface area contributed by atoms with Crippen LogP contribution in [0.5, 0.6) is 0 Å². The number of pyridine rings is 1. The standard InChI is InChI=1S/C28H25Cl2N5O3/c29-21-9-8-18(12-22(21)30)35-25(14-23(34-35)17-7-4-10-32-15-17)26(36)19-13-20(19)28(38)33-24(27(31)37)11-16-5-2-1-3-6-16/h1-10,12,14-15,19-20,24,26,36H,11,13H2,(H2,31,37)(H,33,38)/t19?,20-,24+,26?/m1/s1. The molecular weight excluding hydrogens is 525 g/mol. The number of nitrogens with zero attached hydrogens (tertiary/aromatic N) is 3. The van der Waals surface area contributed by atoms with Crippen LogP contribution in [0.1, 0.15) is 23.8 Å². The maximum Gasteiger partial charge on any atom is 0.240 e. The summed E-state index contributed by atoms with van der Waals surface area (Å²) in [5, 5.41) is 19.6. The van der Waals surface area contributed by atoms with Crippen LogP contribution in [0, 0.1) is 11.8 Å². The van der Waals surface area contributed by atoms with Crippen molar-refractivity contribution in [2.45, 2.75) is 25.0 Å². The van der Waals surface area contributed by atoms with Crippen molar-refractivity contribution in [2.75, 3.05) is 0 Å². The van der Waals surface area contributed by atoms with Crippen LogP contribution in [-0.2, 0) is 16.0 Å². The molecule has 1 saturated carbocycles. The fourth-order valence-corrected chi connectivity index (χ4v) is 4.81. The minimum absolute atomic E-state index is 0.292. The average Bonchev–Trinajstić information content (AvgIpc) is 3.61. The molecule has 4 N–H and O–H groups in total. The van der Waals surface area contributed by atoms with Crippen LogP contribution >= 0.6 is 23.2 Å². The predicted octanol–water partition coefficient (Wildman–Crippen LogP) is 4.12. The van der Waals surface area contributed by atoms with E-state index in [1.165, 1.54) is 0 Å². The third-order valence-electron chi connectivity index (χ3n) is 6.67. The van der Waals surface area contributed by atoms with Gasteiger partial charge in [0.05, 0.1) is 33.2 Å². The Kier molecular flexibility index (Phi) is 7.46. The lowest BCUT2D eigenvalue weighted by Crippen LogP contribution is -2.46. The molecule has 0 bridgehead atoms. The van der Waals surface area contributed by atoms with Crippen molar-refractivity contribution in [1.82, 2.24) is 20.1 Å². The van der Waals surface area contributed by atoms with Crippen molar-refractivity contribution in [2.24, 2.45) is 17.6 Å². The van der Waals surface area contributed by atoms with E-state index in [4.69, 9.17) is 34.0 Å². The molecule has 1 fully saturated rings. The average molecular weight is 550 g/mol. The lowest BCUT2D eigenvalue weighted by atomic mass is 10.0. The number of amides is 2. The van der Waals surface area contributed by atoms with Gasteiger partial charge in [0.15, 0.2) is 0 Å². The second kappa shape index (κ2) is 10.9. The first-order chi connectivity index (χ1) is 18.3. The van der Waals surface area contributed by atoms with Gasteiger partial charge in [-0.3, -0.25) is 14.6 Å². The summed E-state index contributed by atoms with van der Waals surface area (Å²) in [6, 6.07) is 19.0. The minimum atomic E-state index is -1.00. The molecule has 2 aromatic heterocycles. The van der Waals surface area contributed by atoms with Crippen molar-refractivity contribution in [1.29, 1.82) is 0 Å². The SMILES string of the molecule is NC(=O)[C@H](Cc1ccccc1)NC(=O)[C@@H]1CC1C(O)c1cc(-c2cccnc2)nn1-c1ccc(Cl)c(Cl)c1. The van der Waals surface area contributed by atoms with Gasteiger partial charge in [-0.25, -0.2) is 4.68 Å². The zero-order valence-electron chi connectivity index (χ0n) is 20.2. The molecule has 2 unspecified atom stereocenters. The number of halogens is 2. The number of carbonyl (C=O) groups is 2. The van der Waals surface area contributed by atoms with Crippen LogP contribution < -0.4 is 11.1 Å². The summed E-state index contributed by atoms with van der Waals surface area (Å²) in [6.07, 6.45) is 3.10. The van der Waals surface area contributed by atoms with Gasteiger partial charge in [0.2, 0.25) is 11.8 Å². The van der Waals surface area contributed by atoms with Gasteiger partial charge in [0.25, 0.3) is 0 Å². The molecule has 38 heavy (non-hydrogen) atoms. The molecule has 8 nitrogen and oxygen atoms in total. The fourth-order valence-electron chi connectivity index (χ4n) is 4.52. The Morgan fingerprint density at radius 1 is 1.08 bits per heavy atom. The van der Waals surface area contributed by atoms with E-state index in [1.54, 1.807) is 47.4 Å². The highest BCUT2D eigenvalue weighted by molar-refractivity contribution is 6.42. The van der Waals surface area contributed by atoms with Crippen LogP contribution in [0.4, 0.5) is 0 Å². The van der Waals surface area contributed by atoms with E-state index in [1.807, 2.05) is 36.4 Å². The Morgan fingerprint density at radius 3 is 2.55 bits per heavy atom. The highest BCUT2D eigenvalue weighted by Crippen LogP contribution is 2.48. The Morgan fingerprint density at radius 2 is 1.87 bits per heavy atom. The molecule has 1 aliphatic rings. The highest BCUT2D eigenvalue weighted by atomic mass is 35.5. The Labute approximate surface area is 229 Å². The summed E-state index contributed by atoms with van der Waals surface area (Å²) >= 11 is 12.4. The van der Waals surface area contributed by atoms with Gasteiger partial charge < -0.3 is 16.2 Å². The number of aromatic nitrogens is 3. The number of nitrogens with one attached hydrogen (secondary N) is 1. The fraction of sp³-hybridized carbons (Fsp3) is 0.214. The topological polar surface area (TPSA) is 123 Å². The van der Waals surface area contributed by atoms with E-state index in [2.05, 4.69) is 10.3 Å². The molecular formula is C28H25Cl2N5O3. The molecule has 4 atom stereocenters. The minimum Gasteiger partial charge on any atom is -0.386 e. The zero-order chi connectivity index (χ0) is 26.8. The number of rotatable bonds is 9. The summed E-state index contributed by atoms with van der Waals surface area (Å²) in [5.41, 5.74) is 8.94. The number of aliphatic hydroxyl groups is 1. The number of aliphatic hydroxyl groups excluding tert-OH is 1. The van der Waals surface area contributed by atoms with Gasteiger partial charge in [-0.05, 0) is 48.4 Å². The highest BCUT2D eigenvalue weighted by Gasteiger charge is 2.49. The molecule has 2 heterocycles. The van der Waals surface area contributed by atoms with Crippen LogP contribution in [0.2, 0.25) is 10.0 Å². The monoisotopic (exact) mass is 549 g/mol. The lowest BCUT2D eigenvalue weighted by molar-refractivity contribution is -0.128. The third-order valence-corrected chi connectivity index (χ3v) is 7.41. The van der Waals surface area contributed by atoms with Crippen molar-refractivity contribution >= 4 is 35.0 Å². The van der Waals surface area contributed by atoms with E-state index in [0.717, 1.165) is 11.1 Å². The maximum atomic E-state index is 13.0. The van der Waals surface area contributed by atoms with E-state index in [9.17, 15) is 14.7 Å². The quantitative estimate of drug-likeness (QED) is 0.289. The molecule has 2 aromatic carbocycles. The number of carbonyl (C=O) groups excluding carboxylic acids is 2. The first-order valence-electron chi connectivity index (χ1n) is 12.1. The molecule has 194 valence electrons. The first-order valence-corrected chi connectivity index (χ1v) is 12.8. The van der Waals surface area contributed by atoms with E-state index >= 15 is 0 Å². The Balaban J connectivity index is 1.37. The van der Waals surface area contributed by atoms with Gasteiger partial charge in [0.1, 0.15) is 6.04 Å². The smallest absolute Gasteiger partial charge is 0.240 e. The van der Waals surface area contributed by atoms with Crippen LogP contribution in [-0.4, -0.2) is 37.7 Å². The second-order valence-electron chi connectivity index (χ2n) is 9.31. The normalized spacial score (nSPS) is 18.0. The van der Waals surface area contributed by atoms with Crippen LogP contribution in [0.3, 0.4) is 0 Å². The van der Waals surface area contributed by atoms with E-state index < -0.39 is 24.0 Å². The summed E-state index contributed by atoms with van der Waals surface area (Å²) in [7, 11) is 0. The van der Waals surface area contributed by atoms with Gasteiger partial charge in [-0.2, -0.15) is 5.10 Å². The van der Waals surface area contributed by atoms with Crippen molar-refractivity contribution in [3.63, 3.8) is 0 Å². The molecule has 5 rings (SSSR count).